The standard InChI is InChI=1S/C13H24N2O3/c1-3-9(2)11(12(17)18)15-10(16)7-13(8-14)5-4-6-13/h9,11H,3-8,14H2,1-2H3,(H,15,16)(H,17,18)/t9-,11-/m0/s1. The van der Waals surface area contributed by atoms with E-state index in [1.165, 1.54) is 0 Å². The van der Waals surface area contributed by atoms with Crippen molar-refractivity contribution in [1.82, 2.24) is 5.32 Å². The first-order valence-corrected chi connectivity index (χ1v) is 6.66. The van der Waals surface area contributed by atoms with E-state index in [4.69, 9.17) is 10.8 Å². The van der Waals surface area contributed by atoms with E-state index in [1.54, 1.807) is 0 Å². The third kappa shape index (κ3) is 3.45. The summed E-state index contributed by atoms with van der Waals surface area (Å²) in [6.07, 6.45) is 4.12. The van der Waals surface area contributed by atoms with Crippen LogP contribution in [-0.2, 0) is 9.59 Å². The van der Waals surface area contributed by atoms with Crippen molar-refractivity contribution in [1.29, 1.82) is 0 Å². The molecule has 0 aromatic heterocycles. The first-order chi connectivity index (χ1) is 8.44. The Morgan fingerprint density at radius 2 is 2.06 bits per heavy atom. The van der Waals surface area contributed by atoms with Gasteiger partial charge in [0.25, 0.3) is 0 Å². The Kier molecular flexibility index (Phi) is 5.14. The summed E-state index contributed by atoms with van der Waals surface area (Å²) in [7, 11) is 0. The second-order valence-electron chi connectivity index (χ2n) is 5.50. The third-order valence-corrected chi connectivity index (χ3v) is 4.18. The van der Waals surface area contributed by atoms with Gasteiger partial charge in [-0.1, -0.05) is 26.7 Å². The van der Waals surface area contributed by atoms with Crippen LogP contribution in [0.2, 0.25) is 0 Å². The lowest BCUT2D eigenvalue weighted by atomic mass is 9.66. The molecule has 18 heavy (non-hydrogen) atoms. The maximum absolute atomic E-state index is 11.9. The number of hydrogen-bond donors (Lipinski definition) is 3. The molecule has 1 aliphatic rings. The van der Waals surface area contributed by atoms with Gasteiger partial charge >= 0.3 is 5.97 Å². The number of carboxylic acid groups (broad SMARTS) is 1. The Labute approximate surface area is 108 Å². The lowest BCUT2D eigenvalue weighted by molar-refractivity contribution is -0.144. The summed E-state index contributed by atoms with van der Waals surface area (Å²) in [6.45, 7) is 4.25. The molecule has 0 unspecified atom stereocenters. The SMILES string of the molecule is CC[C@H](C)[C@H](NC(=O)CC1(CN)CCC1)C(=O)O. The molecular weight excluding hydrogens is 232 g/mol. The molecule has 2 atom stereocenters. The highest BCUT2D eigenvalue weighted by atomic mass is 16.4. The van der Waals surface area contributed by atoms with E-state index in [0.29, 0.717) is 13.0 Å². The summed E-state index contributed by atoms with van der Waals surface area (Å²) < 4.78 is 0. The van der Waals surface area contributed by atoms with Gasteiger partial charge in [0, 0.05) is 6.42 Å². The zero-order valence-corrected chi connectivity index (χ0v) is 11.2. The van der Waals surface area contributed by atoms with E-state index < -0.39 is 12.0 Å². The minimum atomic E-state index is -0.965. The van der Waals surface area contributed by atoms with Gasteiger partial charge in [0.05, 0.1) is 0 Å². The molecular formula is C13H24N2O3. The summed E-state index contributed by atoms with van der Waals surface area (Å²) in [4.78, 5) is 23.0. The number of rotatable bonds is 7. The Morgan fingerprint density at radius 1 is 1.44 bits per heavy atom. The van der Waals surface area contributed by atoms with Gasteiger partial charge in [-0.15, -0.1) is 0 Å². The number of carbonyl (C=O) groups is 2. The number of hydrogen-bond acceptors (Lipinski definition) is 3. The topological polar surface area (TPSA) is 92.4 Å². The Bertz CT molecular complexity index is 308. The zero-order chi connectivity index (χ0) is 13.8. The van der Waals surface area contributed by atoms with Crippen molar-refractivity contribution >= 4 is 11.9 Å². The second kappa shape index (κ2) is 6.18. The molecule has 0 heterocycles. The quantitative estimate of drug-likeness (QED) is 0.636. The molecule has 5 nitrogen and oxygen atoms in total. The van der Waals surface area contributed by atoms with Crippen LogP contribution in [0.4, 0.5) is 0 Å². The van der Waals surface area contributed by atoms with Crippen LogP contribution in [-0.4, -0.2) is 29.6 Å². The van der Waals surface area contributed by atoms with Gasteiger partial charge in [0.15, 0.2) is 0 Å². The van der Waals surface area contributed by atoms with E-state index in [-0.39, 0.29) is 17.2 Å². The molecule has 1 rings (SSSR count). The van der Waals surface area contributed by atoms with Crippen LogP contribution in [0.1, 0.15) is 46.0 Å². The van der Waals surface area contributed by atoms with Crippen LogP contribution >= 0.6 is 0 Å². The maximum Gasteiger partial charge on any atom is 0.326 e. The number of carbonyl (C=O) groups excluding carboxylic acids is 1. The average Bonchev–Trinajstić information content (AvgIpc) is 2.29. The molecule has 1 aliphatic carbocycles. The molecule has 0 saturated heterocycles. The highest BCUT2D eigenvalue weighted by Gasteiger charge is 2.38. The number of amides is 1. The lowest BCUT2D eigenvalue weighted by Crippen LogP contribution is -2.48. The van der Waals surface area contributed by atoms with Crippen molar-refractivity contribution in [3.63, 3.8) is 0 Å². The summed E-state index contributed by atoms with van der Waals surface area (Å²) in [5.41, 5.74) is 5.62. The fourth-order valence-corrected chi connectivity index (χ4v) is 2.38. The van der Waals surface area contributed by atoms with Gasteiger partial charge in [0.2, 0.25) is 5.91 Å². The smallest absolute Gasteiger partial charge is 0.326 e. The van der Waals surface area contributed by atoms with E-state index in [2.05, 4.69) is 5.32 Å². The summed E-state index contributed by atoms with van der Waals surface area (Å²) in [5, 5.41) is 11.7. The maximum atomic E-state index is 11.9. The molecule has 1 amide bonds. The molecule has 0 bridgehead atoms. The van der Waals surface area contributed by atoms with Gasteiger partial charge in [-0.05, 0) is 30.7 Å². The molecule has 0 spiro atoms. The second-order valence-corrected chi connectivity index (χ2v) is 5.50. The molecule has 1 fully saturated rings. The summed E-state index contributed by atoms with van der Waals surface area (Å²) in [5.74, 6) is -1.22. The highest BCUT2D eigenvalue weighted by Crippen LogP contribution is 2.42. The van der Waals surface area contributed by atoms with Crippen LogP contribution in [0, 0.1) is 11.3 Å². The highest BCUT2D eigenvalue weighted by molar-refractivity contribution is 5.84. The molecule has 0 aliphatic heterocycles. The van der Waals surface area contributed by atoms with E-state index >= 15 is 0 Å². The fraction of sp³-hybridized carbons (Fsp3) is 0.846. The minimum absolute atomic E-state index is 0.0679. The predicted molar refractivity (Wildman–Crippen MR) is 69.0 cm³/mol. The Hall–Kier alpha value is -1.10. The normalized spacial score (nSPS) is 20.6. The largest absolute Gasteiger partial charge is 0.480 e. The van der Waals surface area contributed by atoms with Crippen molar-refractivity contribution < 1.29 is 14.7 Å². The van der Waals surface area contributed by atoms with Gasteiger partial charge in [-0.25, -0.2) is 4.79 Å². The van der Waals surface area contributed by atoms with Gasteiger partial charge in [-0.3, -0.25) is 4.79 Å². The van der Waals surface area contributed by atoms with Crippen molar-refractivity contribution in [2.75, 3.05) is 6.54 Å². The Morgan fingerprint density at radius 3 is 2.39 bits per heavy atom. The van der Waals surface area contributed by atoms with Gasteiger partial charge < -0.3 is 16.2 Å². The molecule has 5 heteroatoms. The summed E-state index contributed by atoms with van der Waals surface area (Å²) in [6, 6.07) is -0.794. The van der Waals surface area contributed by atoms with Crippen LogP contribution in [0.5, 0.6) is 0 Å². The molecule has 0 radical (unpaired) electrons. The Balaban J connectivity index is 2.53. The molecule has 0 aromatic carbocycles. The van der Waals surface area contributed by atoms with E-state index in [9.17, 15) is 9.59 Å². The molecule has 1 saturated carbocycles. The van der Waals surface area contributed by atoms with Crippen molar-refractivity contribution in [2.45, 2.75) is 52.0 Å². The molecule has 4 N–H and O–H groups in total. The van der Waals surface area contributed by atoms with Gasteiger partial charge in [-0.2, -0.15) is 0 Å². The van der Waals surface area contributed by atoms with Crippen LogP contribution in [0.3, 0.4) is 0 Å². The van der Waals surface area contributed by atoms with Crippen molar-refractivity contribution in [3.05, 3.63) is 0 Å². The van der Waals surface area contributed by atoms with Crippen LogP contribution in [0.25, 0.3) is 0 Å². The van der Waals surface area contributed by atoms with Crippen LogP contribution in [0.15, 0.2) is 0 Å². The van der Waals surface area contributed by atoms with Crippen LogP contribution < -0.4 is 11.1 Å². The monoisotopic (exact) mass is 256 g/mol. The number of carboxylic acids is 1. The third-order valence-electron chi connectivity index (χ3n) is 4.18. The van der Waals surface area contributed by atoms with Crippen molar-refractivity contribution in [2.24, 2.45) is 17.1 Å². The number of aliphatic carboxylic acids is 1. The number of nitrogens with two attached hydrogens (primary N) is 1. The molecule has 0 aromatic rings. The minimum Gasteiger partial charge on any atom is -0.480 e. The van der Waals surface area contributed by atoms with E-state index in [1.807, 2.05) is 13.8 Å². The lowest BCUT2D eigenvalue weighted by Gasteiger charge is -2.40. The predicted octanol–water partition coefficient (Wildman–Crippen LogP) is 1.12. The fourth-order valence-electron chi connectivity index (χ4n) is 2.38. The first kappa shape index (κ1) is 15.0. The van der Waals surface area contributed by atoms with Crippen molar-refractivity contribution in [3.8, 4) is 0 Å². The molecule has 104 valence electrons. The van der Waals surface area contributed by atoms with E-state index in [0.717, 1.165) is 25.7 Å². The zero-order valence-electron chi connectivity index (χ0n) is 11.2. The van der Waals surface area contributed by atoms with Gasteiger partial charge in [0.1, 0.15) is 6.04 Å². The average molecular weight is 256 g/mol. The number of nitrogens with one attached hydrogen (secondary N) is 1. The summed E-state index contributed by atoms with van der Waals surface area (Å²) >= 11 is 0. The first-order valence-electron chi connectivity index (χ1n) is 6.66.